The van der Waals surface area contributed by atoms with E-state index in [1.807, 2.05) is 40.3 Å². The number of thioether (sulfide) groups is 1. The van der Waals surface area contributed by atoms with Crippen LogP contribution in [-0.4, -0.2) is 25.7 Å². The first-order valence-corrected chi connectivity index (χ1v) is 11.8. The first-order chi connectivity index (χ1) is 14.2. The van der Waals surface area contributed by atoms with E-state index in [-0.39, 0.29) is 12.3 Å². The molecule has 2 N–H and O–H groups in total. The zero-order chi connectivity index (χ0) is 20.1. The molecule has 0 unspecified atom stereocenters. The molecular weight excluding hydrogens is 422 g/mol. The number of carbonyl (C=O) groups excluding carboxylic acids is 1. The fraction of sp³-hybridized carbons (Fsp3) is 0.200. The normalized spacial score (nSPS) is 11.0. The predicted molar refractivity (Wildman–Crippen MR) is 118 cm³/mol. The Labute approximate surface area is 180 Å². The molecule has 0 fully saturated rings. The number of thiophene rings is 1. The molecule has 0 aliphatic carbocycles. The van der Waals surface area contributed by atoms with E-state index < -0.39 is 0 Å². The molecule has 9 heteroatoms. The van der Waals surface area contributed by atoms with Crippen molar-refractivity contribution in [1.29, 1.82) is 0 Å². The van der Waals surface area contributed by atoms with E-state index in [0.717, 1.165) is 33.0 Å². The second-order valence-electron chi connectivity index (χ2n) is 6.34. The average Bonchev–Trinajstić information content (AvgIpc) is 3.46. The third-order valence-corrected chi connectivity index (χ3v) is 6.95. The maximum absolute atomic E-state index is 11.3. The molecule has 0 spiro atoms. The van der Waals surface area contributed by atoms with Gasteiger partial charge >= 0.3 is 0 Å². The van der Waals surface area contributed by atoms with Gasteiger partial charge in [0, 0.05) is 30.5 Å². The van der Waals surface area contributed by atoms with E-state index >= 15 is 0 Å². The molecule has 0 saturated carbocycles. The zero-order valence-electron chi connectivity index (χ0n) is 15.5. The molecule has 0 aliphatic heterocycles. The lowest BCUT2D eigenvalue weighted by Gasteiger charge is -2.07. The number of nitrogens with two attached hydrogens (primary N) is 1. The summed E-state index contributed by atoms with van der Waals surface area (Å²) in [5.74, 6) is 1.13. The van der Waals surface area contributed by atoms with Crippen molar-refractivity contribution < 1.29 is 4.79 Å². The minimum absolute atomic E-state index is 0.252. The SMILES string of the molecule is NC(=O)CCn1c(SCc2csc(Cc3ccccc3)n2)nnc1-c1cccs1. The number of benzene rings is 1. The molecule has 3 heterocycles. The van der Waals surface area contributed by atoms with Crippen molar-refractivity contribution >= 4 is 40.3 Å². The standard InChI is InChI=1S/C20H19N5OS3/c21-17(26)8-9-25-19(16-7-4-10-27-16)23-24-20(25)29-13-15-12-28-18(22-15)11-14-5-2-1-3-6-14/h1-7,10,12H,8-9,11,13H2,(H2,21,26). The van der Waals surface area contributed by atoms with Gasteiger partial charge in [0.15, 0.2) is 11.0 Å². The fourth-order valence-corrected chi connectivity index (χ4v) is 5.32. The van der Waals surface area contributed by atoms with Gasteiger partial charge < -0.3 is 10.3 Å². The van der Waals surface area contributed by atoms with Crippen molar-refractivity contribution in [3.63, 3.8) is 0 Å². The molecule has 29 heavy (non-hydrogen) atoms. The highest BCUT2D eigenvalue weighted by atomic mass is 32.2. The summed E-state index contributed by atoms with van der Waals surface area (Å²) in [6.45, 7) is 0.466. The van der Waals surface area contributed by atoms with Gasteiger partial charge in [-0.2, -0.15) is 0 Å². The molecule has 6 nitrogen and oxygen atoms in total. The van der Waals surface area contributed by atoms with E-state index in [4.69, 9.17) is 10.7 Å². The molecule has 0 aliphatic rings. The smallest absolute Gasteiger partial charge is 0.219 e. The maximum atomic E-state index is 11.3. The van der Waals surface area contributed by atoms with Crippen LogP contribution in [0.3, 0.4) is 0 Å². The zero-order valence-corrected chi connectivity index (χ0v) is 18.0. The Hall–Kier alpha value is -2.49. The summed E-state index contributed by atoms with van der Waals surface area (Å²) in [4.78, 5) is 17.1. The Kier molecular flexibility index (Phi) is 6.38. The van der Waals surface area contributed by atoms with Crippen LogP contribution in [0.1, 0.15) is 22.7 Å². The molecule has 0 atom stereocenters. The topological polar surface area (TPSA) is 86.7 Å². The summed E-state index contributed by atoms with van der Waals surface area (Å²) in [6.07, 6.45) is 1.09. The van der Waals surface area contributed by atoms with Crippen LogP contribution in [0.2, 0.25) is 0 Å². The number of hydrogen-bond acceptors (Lipinski definition) is 7. The fourth-order valence-electron chi connectivity index (χ4n) is 2.81. The van der Waals surface area contributed by atoms with Gasteiger partial charge in [-0.15, -0.1) is 32.9 Å². The monoisotopic (exact) mass is 441 g/mol. The summed E-state index contributed by atoms with van der Waals surface area (Å²) >= 11 is 4.85. The Balaban J connectivity index is 1.46. The number of rotatable bonds is 9. The van der Waals surface area contributed by atoms with Gasteiger partial charge in [-0.25, -0.2) is 4.98 Å². The van der Waals surface area contributed by atoms with Crippen molar-refractivity contribution in [2.45, 2.75) is 30.3 Å². The van der Waals surface area contributed by atoms with E-state index in [1.165, 1.54) is 5.56 Å². The number of aromatic nitrogens is 4. The number of amides is 1. The maximum Gasteiger partial charge on any atom is 0.219 e. The van der Waals surface area contributed by atoms with E-state index in [1.54, 1.807) is 34.4 Å². The van der Waals surface area contributed by atoms with E-state index in [9.17, 15) is 4.79 Å². The second-order valence-corrected chi connectivity index (χ2v) is 9.17. The molecule has 0 bridgehead atoms. The lowest BCUT2D eigenvalue weighted by molar-refractivity contribution is -0.118. The van der Waals surface area contributed by atoms with Crippen molar-refractivity contribution in [1.82, 2.24) is 19.7 Å². The number of nitrogens with zero attached hydrogens (tertiary/aromatic N) is 4. The summed E-state index contributed by atoms with van der Waals surface area (Å²) < 4.78 is 1.97. The van der Waals surface area contributed by atoms with E-state index in [2.05, 4.69) is 27.7 Å². The minimum Gasteiger partial charge on any atom is -0.370 e. The van der Waals surface area contributed by atoms with Gasteiger partial charge in [-0.1, -0.05) is 48.2 Å². The highest BCUT2D eigenvalue weighted by Gasteiger charge is 2.16. The second kappa shape index (κ2) is 9.34. The lowest BCUT2D eigenvalue weighted by atomic mass is 10.2. The molecule has 0 saturated heterocycles. The minimum atomic E-state index is -0.336. The summed E-state index contributed by atoms with van der Waals surface area (Å²) in [5.41, 5.74) is 7.63. The molecule has 3 aromatic heterocycles. The van der Waals surface area contributed by atoms with Crippen LogP contribution in [0.4, 0.5) is 0 Å². The Morgan fingerprint density at radius 1 is 1.10 bits per heavy atom. The predicted octanol–water partition coefficient (Wildman–Crippen LogP) is 4.22. The van der Waals surface area contributed by atoms with Crippen LogP contribution in [0.25, 0.3) is 10.7 Å². The quantitative estimate of drug-likeness (QED) is 0.393. The van der Waals surface area contributed by atoms with Crippen LogP contribution in [0.5, 0.6) is 0 Å². The molecule has 0 radical (unpaired) electrons. The first kappa shape index (κ1) is 19.8. The highest BCUT2D eigenvalue weighted by molar-refractivity contribution is 7.98. The summed E-state index contributed by atoms with van der Waals surface area (Å²) in [6, 6.07) is 14.3. The van der Waals surface area contributed by atoms with Gasteiger partial charge in [0.1, 0.15) is 0 Å². The Bertz CT molecular complexity index is 1070. The largest absolute Gasteiger partial charge is 0.370 e. The molecule has 1 aromatic carbocycles. The van der Waals surface area contributed by atoms with Crippen molar-refractivity contribution in [2.75, 3.05) is 0 Å². The third-order valence-electron chi connectivity index (χ3n) is 4.19. The Morgan fingerprint density at radius 2 is 1.97 bits per heavy atom. The molecule has 148 valence electrons. The van der Waals surface area contributed by atoms with Gasteiger partial charge in [0.2, 0.25) is 5.91 Å². The van der Waals surface area contributed by atoms with Gasteiger partial charge in [0.25, 0.3) is 0 Å². The van der Waals surface area contributed by atoms with Crippen LogP contribution in [0, 0.1) is 0 Å². The van der Waals surface area contributed by atoms with Gasteiger partial charge in [-0.05, 0) is 17.0 Å². The number of primary amides is 1. The van der Waals surface area contributed by atoms with E-state index in [0.29, 0.717) is 12.3 Å². The van der Waals surface area contributed by atoms with Crippen LogP contribution < -0.4 is 5.73 Å². The molecule has 4 aromatic rings. The third kappa shape index (κ3) is 5.11. The summed E-state index contributed by atoms with van der Waals surface area (Å²) in [7, 11) is 0. The molecule has 4 rings (SSSR count). The van der Waals surface area contributed by atoms with Crippen molar-refractivity contribution in [3.05, 3.63) is 69.5 Å². The number of thiazole rings is 1. The van der Waals surface area contributed by atoms with Crippen LogP contribution in [0.15, 0.2) is 58.4 Å². The number of hydrogen-bond donors (Lipinski definition) is 1. The van der Waals surface area contributed by atoms with Crippen LogP contribution >= 0.6 is 34.4 Å². The van der Waals surface area contributed by atoms with Crippen molar-refractivity contribution in [3.8, 4) is 10.7 Å². The first-order valence-electron chi connectivity index (χ1n) is 9.04. The van der Waals surface area contributed by atoms with Gasteiger partial charge in [0.05, 0.1) is 15.6 Å². The van der Waals surface area contributed by atoms with Gasteiger partial charge in [-0.3, -0.25) is 4.79 Å². The highest BCUT2D eigenvalue weighted by Crippen LogP contribution is 2.29. The number of carbonyl (C=O) groups is 1. The van der Waals surface area contributed by atoms with Crippen LogP contribution in [-0.2, 0) is 23.5 Å². The molecule has 1 amide bonds. The Morgan fingerprint density at radius 3 is 2.72 bits per heavy atom. The molecular formula is C20H19N5OS3. The van der Waals surface area contributed by atoms with Crippen molar-refractivity contribution in [2.24, 2.45) is 5.73 Å². The average molecular weight is 442 g/mol. The summed E-state index contributed by atoms with van der Waals surface area (Å²) in [5, 5.41) is 14.6. The lowest BCUT2D eigenvalue weighted by Crippen LogP contribution is -2.14.